The quantitative estimate of drug-likeness (QED) is 0.645. The Labute approximate surface area is 88.5 Å². The van der Waals surface area contributed by atoms with Crippen LogP contribution in [0.1, 0.15) is 53.4 Å². The van der Waals surface area contributed by atoms with E-state index in [2.05, 4.69) is 34.3 Å². The number of allylic oxidation sites excluding steroid dienone is 1. The van der Waals surface area contributed by atoms with E-state index in [1.54, 1.807) is 0 Å². The van der Waals surface area contributed by atoms with Crippen molar-refractivity contribution in [3.63, 3.8) is 0 Å². The molecule has 0 aromatic carbocycles. The first-order valence-corrected chi connectivity index (χ1v) is 5.71. The van der Waals surface area contributed by atoms with Gasteiger partial charge in [-0.05, 0) is 30.6 Å². The van der Waals surface area contributed by atoms with E-state index < -0.39 is 0 Å². The average Bonchev–Trinajstić information content (AvgIpc) is 1.97. The molecule has 1 heterocycles. The van der Waals surface area contributed by atoms with Crippen LogP contribution in [0.3, 0.4) is 0 Å². The summed E-state index contributed by atoms with van der Waals surface area (Å²) < 4.78 is 5.76. The van der Waals surface area contributed by atoms with Crippen LogP contribution in [0.25, 0.3) is 0 Å². The lowest BCUT2D eigenvalue weighted by Crippen LogP contribution is -2.24. The molecule has 1 heteroatoms. The van der Waals surface area contributed by atoms with Crippen LogP contribution < -0.4 is 0 Å². The van der Waals surface area contributed by atoms with E-state index >= 15 is 0 Å². The maximum absolute atomic E-state index is 5.76. The second-order valence-corrected chi connectivity index (χ2v) is 5.92. The first-order chi connectivity index (χ1) is 6.37. The minimum Gasteiger partial charge on any atom is -0.495 e. The minimum absolute atomic E-state index is 0.422. The molecular formula is C13H24O. The van der Waals surface area contributed by atoms with Gasteiger partial charge in [0.25, 0.3) is 0 Å². The summed E-state index contributed by atoms with van der Waals surface area (Å²) in [7, 11) is 0. The van der Waals surface area contributed by atoms with Crippen molar-refractivity contribution in [3.05, 3.63) is 12.3 Å². The summed E-state index contributed by atoms with van der Waals surface area (Å²) in [6, 6.07) is 0. The van der Waals surface area contributed by atoms with E-state index in [-0.39, 0.29) is 0 Å². The third-order valence-electron chi connectivity index (χ3n) is 2.79. The van der Waals surface area contributed by atoms with Gasteiger partial charge >= 0.3 is 0 Å². The molecule has 1 aliphatic rings. The molecule has 0 amide bonds. The minimum atomic E-state index is 0.422. The third kappa shape index (κ3) is 4.17. The molecule has 1 saturated heterocycles. The highest BCUT2D eigenvalue weighted by atomic mass is 16.5. The monoisotopic (exact) mass is 196 g/mol. The Morgan fingerprint density at radius 3 is 2.57 bits per heavy atom. The molecule has 1 fully saturated rings. The second-order valence-electron chi connectivity index (χ2n) is 5.92. The average molecular weight is 196 g/mol. The van der Waals surface area contributed by atoms with Crippen molar-refractivity contribution >= 4 is 0 Å². The fourth-order valence-electron chi connectivity index (χ4n) is 2.02. The van der Waals surface area contributed by atoms with Gasteiger partial charge in [-0.15, -0.1) is 0 Å². The lowest BCUT2D eigenvalue weighted by atomic mass is 9.86. The van der Waals surface area contributed by atoms with Gasteiger partial charge in [-0.3, -0.25) is 0 Å². The molecule has 0 N–H and O–H groups in total. The molecule has 82 valence electrons. The largest absolute Gasteiger partial charge is 0.495 e. The molecule has 0 spiro atoms. The van der Waals surface area contributed by atoms with Crippen molar-refractivity contribution < 1.29 is 4.74 Å². The molecule has 1 nitrogen and oxygen atoms in total. The van der Waals surface area contributed by atoms with Crippen molar-refractivity contribution in [2.75, 3.05) is 0 Å². The van der Waals surface area contributed by atoms with Crippen molar-refractivity contribution in [2.45, 2.75) is 59.5 Å². The summed E-state index contributed by atoms with van der Waals surface area (Å²) in [5.41, 5.74) is 0.422. The summed E-state index contributed by atoms with van der Waals surface area (Å²) in [6.45, 7) is 13.1. The Kier molecular flexibility index (Phi) is 3.63. The van der Waals surface area contributed by atoms with Crippen molar-refractivity contribution in [2.24, 2.45) is 11.3 Å². The maximum Gasteiger partial charge on any atom is 0.0985 e. The predicted molar refractivity (Wildman–Crippen MR) is 61.1 cm³/mol. The van der Waals surface area contributed by atoms with E-state index in [1.807, 2.05) is 0 Å². The third-order valence-corrected chi connectivity index (χ3v) is 2.79. The molecule has 0 radical (unpaired) electrons. The fourth-order valence-corrected chi connectivity index (χ4v) is 2.02. The highest BCUT2D eigenvalue weighted by Crippen LogP contribution is 2.31. The predicted octanol–water partition coefficient (Wildman–Crippen LogP) is 4.14. The van der Waals surface area contributed by atoms with E-state index in [1.165, 1.54) is 19.3 Å². The van der Waals surface area contributed by atoms with Gasteiger partial charge in [-0.1, -0.05) is 34.3 Å². The summed E-state index contributed by atoms with van der Waals surface area (Å²) in [5.74, 6) is 1.74. The van der Waals surface area contributed by atoms with Gasteiger partial charge in [0.1, 0.15) is 0 Å². The number of ether oxygens (including phenoxy) is 1. The molecular weight excluding hydrogens is 172 g/mol. The summed E-state index contributed by atoms with van der Waals surface area (Å²) in [5, 5.41) is 0. The normalized spacial score (nSPS) is 28.7. The van der Waals surface area contributed by atoms with Crippen molar-refractivity contribution in [1.82, 2.24) is 0 Å². The van der Waals surface area contributed by atoms with Gasteiger partial charge in [-0.25, -0.2) is 0 Å². The molecule has 2 atom stereocenters. The van der Waals surface area contributed by atoms with Crippen LogP contribution >= 0.6 is 0 Å². The first kappa shape index (κ1) is 11.6. The van der Waals surface area contributed by atoms with Gasteiger partial charge < -0.3 is 4.74 Å². The Balaban J connectivity index is 2.34. The van der Waals surface area contributed by atoms with Gasteiger partial charge in [0.15, 0.2) is 0 Å². The Morgan fingerprint density at radius 2 is 2.07 bits per heavy atom. The van der Waals surface area contributed by atoms with Crippen LogP contribution in [-0.4, -0.2) is 6.10 Å². The SMILES string of the molecule is C=C1C[C@H](C)C[C@@H](CCC(C)(C)C)O1. The Hall–Kier alpha value is -0.460. The molecule has 0 aliphatic carbocycles. The number of rotatable bonds is 2. The molecule has 0 unspecified atom stereocenters. The molecule has 0 saturated carbocycles. The lowest BCUT2D eigenvalue weighted by molar-refractivity contribution is 0.0384. The van der Waals surface area contributed by atoms with E-state index in [0.717, 1.165) is 18.1 Å². The Morgan fingerprint density at radius 1 is 1.43 bits per heavy atom. The van der Waals surface area contributed by atoms with Crippen molar-refractivity contribution in [1.29, 1.82) is 0 Å². The molecule has 1 rings (SSSR count). The molecule has 0 aromatic heterocycles. The molecule has 14 heavy (non-hydrogen) atoms. The summed E-state index contributed by atoms with van der Waals surface area (Å²) in [6.07, 6.45) is 5.08. The molecule has 0 aromatic rings. The van der Waals surface area contributed by atoms with E-state index in [9.17, 15) is 0 Å². The highest BCUT2D eigenvalue weighted by molar-refractivity contribution is 4.91. The zero-order valence-electron chi connectivity index (χ0n) is 10.1. The standard InChI is InChI=1S/C13H24O/c1-10-8-11(2)14-12(9-10)6-7-13(3,4)5/h10,12H,2,6-9H2,1,3-5H3/t10-,12+/m0/s1. The van der Waals surface area contributed by atoms with Crippen LogP contribution in [0.5, 0.6) is 0 Å². The van der Waals surface area contributed by atoms with Crippen molar-refractivity contribution in [3.8, 4) is 0 Å². The summed E-state index contributed by atoms with van der Waals surface area (Å²) >= 11 is 0. The van der Waals surface area contributed by atoms with Crippen LogP contribution in [0, 0.1) is 11.3 Å². The van der Waals surface area contributed by atoms with E-state index in [0.29, 0.717) is 11.5 Å². The number of hydrogen-bond donors (Lipinski definition) is 0. The smallest absolute Gasteiger partial charge is 0.0985 e. The zero-order chi connectivity index (χ0) is 10.8. The number of hydrogen-bond acceptors (Lipinski definition) is 1. The Bertz CT molecular complexity index is 200. The lowest BCUT2D eigenvalue weighted by Gasteiger charge is -2.31. The zero-order valence-corrected chi connectivity index (χ0v) is 10.1. The summed E-state index contributed by atoms with van der Waals surface area (Å²) in [4.78, 5) is 0. The fraction of sp³-hybridized carbons (Fsp3) is 0.846. The van der Waals surface area contributed by atoms with E-state index in [4.69, 9.17) is 4.74 Å². The molecule has 1 aliphatic heterocycles. The van der Waals surface area contributed by atoms with Crippen LogP contribution in [-0.2, 0) is 4.74 Å². The second kappa shape index (κ2) is 4.37. The maximum atomic E-state index is 5.76. The van der Waals surface area contributed by atoms with Gasteiger partial charge in [0.2, 0.25) is 0 Å². The molecule has 0 bridgehead atoms. The van der Waals surface area contributed by atoms with Crippen LogP contribution in [0.15, 0.2) is 12.3 Å². The highest BCUT2D eigenvalue weighted by Gasteiger charge is 2.23. The van der Waals surface area contributed by atoms with Gasteiger partial charge in [0, 0.05) is 6.42 Å². The van der Waals surface area contributed by atoms with Gasteiger partial charge in [-0.2, -0.15) is 0 Å². The van der Waals surface area contributed by atoms with Crippen LogP contribution in [0.4, 0.5) is 0 Å². The first-order valence-electron chi connectivity index (χ1n) is 5.71. The van der Waals surface area contributed by atoms with Crippen LogP contribution in [0.2, 0.25) is 0 Å². The topological polar surface area (TPSA) is 9.23 Å². The van der Waals surface area contributed by atoms with Gasteiger partial charge in [0.05, 0.1) is 11.9 Å².